The van der Waals surface area contributed by atoms with Crippen molar-refractivity contribution in [1.29, 1.82) is 0 Å². The highest BCUT2D eigenvalue weighted by molar-refractivity contribution is 7.90. The van der Waals surface area contributed by atoms with E-state index in [0.29, 0.717) is 33.5 Å². The highest BCUT2D eigenvalue weighted by Gasteiger charge is 2.33. The van der Waals surface area contributed by atoms with Gasteiger partial charge in [0.15, 0.2) is 0 Å². The molecule has 0 amide bonds. The van der Waals surface area contributed by atoms with Crippen LogP contribution < -0.4 is 0 Å². The molecule has 10 heteroatoms. The molecule has 1 unspecified atom stereocenters. The van der Waals surface area contributed by atoms with Gasteiger partial charge in [0.25, 0.3) is 5.69 Å². The summed E-state index contributed by atoms with van der Waals surface area (Å²) in [5, 5.41) is 14.2. The van der Waals surface area contributed by atoms with Crippen LogP contribution in [0, 0.1) is 24.0 Å². The summed E-state index contributed by atoms with van der Waals surface area (Å²) in [7, 11) is -4.00. The molecule has 0 radical (unpaired) electrons. The van der Waals surface area contributed by atoms with Gasteiger partial charge in [-0.05, 0) is 25.5 Å². The third-order valence-electron chi connectivity index (χ3n) is 4.37. The molecule has 0 fully saturated rings. The molecule has 2 aromatic heterocycles. The number of benzene rings is 1. The summed E-state index contributed by atoms with van der Waals surface area (Å²) in [6, 6.07) is 3.97. The Morgan fingerprint density at radius 3 is 2.67 bits per heavy atom. The fraction of sp³-hybridized carbons (Fsp3) is 0.235. The zero-order chi connectivity index (χ0) is 19.9. The molecule has 0 bridgehead atoms. The summed E-state index contributed by atoms with van der Waals surface area (Å²) in [5.74, 6) is 0.384. The maximum Gasteiger partial charge on any atom is 0.270 e. The normalized spacial score (nSPS) is 13.0. The molecule has 1 atom stereocenters. The SMILES string of the molecule is C=CC(c1c(C)noc1C)S(=O)(=O)n1cc(CCl)c2cc([N+](=O)[O-])ccc21. The van der Waals surface area contributed by atoms with Gasteiger partial charge in [-0.3, -0.25) is 10.1 Å². The van der Waals surface area contributed by atoms with Gasteiger partial charge in [0.2, 0.25) is 10.0 Å². The molecule has 0 saturated heterocycles. The average Bonchev–Trinajstić information content (AvgIpc) is 3.16. The van der Waals surface area contributed by atoms with Crippen LogP contribution in [-0.2, 0) is 15.9 Å². The number of hydrogen-bond acceptors (Lipinski definition) is 6. The number of rotatable bonds is 6. The number of nitro benzene ring substituents is 1. The second-order valence-electron chi connectivity index (χ2n) is 5.98. The molecule has 2 heterocycles. The number of hydrogen-bond donors (Lipinski definition) is 0. The van der Waals surface area contributed by atoms with E-state index in [9.17, 15) is 18.5 Å². The summed E-state index contributed by atoms with van der Waals surface area (Å²) in [4.78, 5) is 10.5. The van der Waals surface area contributed by atoms with E-state index >= 15 is 0 Å². The first-order valence-electron chi connectivity index (χ1n) is 7.86. The fourth-order valence-electron chi connectivity index (χ4n) is 3.09. The number of nitro groups is 1. The first-order valence-corrected chi connectivity index (χ1v) is 9.90. The van der Waals surface area contributed by atoms with Crippen molar-refractivity contribution in [2.24, 2.45) is 0 Å². The molecule has 3 aromatic rings. The lowest BCUT2D eigenvalue weighted by Crippen LogP contribution is -2.20. The van der Waals surface area contributed by atoms with E-state index in [-0.39, 0.29) is 11.6 Å². The van der Waals surface area contributed by atoms with Crippen molar-refractivity contribution in [1.82, 2.24) is 9.13 Å². The van der Waals surface area contributed by atoms with Crippen LogP contribution >= 0.6 is 11.6 Å². The van der Waals surface area contributed by atoms with Crippen LogP contribution in [-0.4, -0.2) is 22.5 Å². The Labute approximate surface area is 160 Å². The quantitative estimate of drug-likeness (QED) is 0.263. The van der Waals surface area contributed by atoms with Crippen LogP contribution in [0.5, 0.6) is 0 Å². The Kier molecular flexibility index (Phi) is 4.83. The molecule has 0 spiro atoms. The van der Waals surface area contributed by atoms with Gasteiger partial charge in [0.05, 0.1) is 16.1 Å². The predicted octanol–water partition coefficient (Wildman–Crippen LogP) is 4.00. The van der Waals surface area contributed by atoms with E-state index < -0.39 is 20.2 Å². The number of non-ortho nitro benzene ring substituents is 1. The van der Waals surface area contributed by atoms with Gasteiger partial charge in [-0.1, -0.05) is 11.2 Å². The Hall–Kier alpha value is -2.65. The fourth-order valence-corrected chi connectivity index (χ4v) is 5.13. The Morgan fingerprint density at radius 2 is 2.15 bits per heavy atom. The largest absolute Gasteiger partial charge is 0.361 e. The number of alkyl halides is 1. The summed E-state index contributed by atoms with van der Waals surface area (Å²) >= 11 is 5.94. The lowest BCUT2D eigenvalue weighted by Gasteiger charge is -2.15. The van der Waals surface area contributed by atoms with Crippen LogP contribution in [0.15, 0.2) is 41.6 Å². The first kappa shape index (κ1) is 19.1. The highest BCUT2D eigenvalue weighted by atomic mass is 35.5. The lowest BCUT2D eigenvalue weighted by atomic mass is 10.1. The van der Waals surface area contributed by atoms with Gasteiger partial charge in [0, 0.05) is 35.2 Å². The molecule has 1 aromatic carbocycles. The van der Waals surface area contributed by atoms with Crippen molar-refractivity contribution >= 4 is 38.2 Å². The van der Waals surface area contributed by atoms with Crippen LogP contribution in [0.3, 0.4) is 0 Å². The summed E-state index contributed by atoms with van der Waals surface area (Å²) in [6.07, 6.45) is 2.69. The number of halogens is 1. The van der Waals surface area contributed by atoms with Gasteiger partial charge in [-0.25, -0.2) is 12.4 Å². The molecule has 0 N–H and O–H groups in total. The zero-order valence-electron chi connectivity index (χ0n) is 14.5. The molecule has 0 aliphatic heterocycles. The van der Waals surface area contributed by atoms with Gasteiger partial charge >= 0.3 is 0 Å². The monoisotopic (exact) mass is 409 g/mol. The number of aromatic nitrogens is 2. The third kappa shape index (κ3) is 3.02. The smallest absolute Gasteiger partial charge is 0.270 e. The predicted molar refractivity (Wildman–Crippen MR) is 101 cm³/mol. The second-order valence-corrected chi connectivity index (χ2v) is 8.18. The lowest BCUT2D eigenvalue weighted by molar-refractivity contribution is -0.384. The summed E-state index contributed by atoms with van der Waals surface area (Å²) in [5.41, 5.74) is 1.50. The van der Waals surface area contributed by atoms with Crippen LogP contribution in [0.2, 0.25) is 0 Å². The first-order chi connectivity index (χ1) is 12.7. The molecule has 3 rings (SSSR count). The van der Waals surface area contributed by atoms with E-state index in [4.69, 9.17) is 16.1 Å². The molecular weight excluding hydrogens is 394 g/mol. The Balaban J connectivity index is 2.27. The second kappa shape index (κ2) is 6.82. The number of nitrogens with zero attached hydrogens (tertiary/aromatic N) is 3. The van der Waals surface area contributed by atoms with Crippen molar-refractivity contribution in [3.8, 4) is 0 Å². The molecule has 27 heavy (non-hydrogen) atoms. The van der Waals surface area contributed by atoms with Gasteiger partial charge in [-0.2, -0.15) is 0 Å². The standard InChI is InChI=1S/C17H16ClN3O5S/c1-4-16(17-10(2)19-26-11(17)3)27(24,25)20-9-12(8-18)14-7-13(21(22)23)5-6-15(14)20/h4-7,9,16H,1,8H2,2-3H3. The maximum absolute atomic E-state index is 13.4. The minimum atomic E-state index is -4.00. The van der Waals surface area contributed by atoms with Gasteiger partial charge in [0.1, 0.15) is 11.0 Å². The molecule has 0 aliphatic rings. The van der Waals surface area contributed by atoms with E-state index in [0.717, 1.165) is 3.97 Å². The van der Waals surface area contributed by atoms with Gasteiger partial charge < -0.3 is 4.52 Å². The molecular formula is C17H16ClN3O5S. The van der Waals surface area contributed by atoms with Crippen molar-refractivity contribution < 1.29 is 17.9 Å². The van der Waals surface area contributed by atoms with E-state index in [2.05, 4.69) is 11.7 Å². The highest BCUT2D eigenvalue weighted by Crippen LogP contribution is 2.35. The number of fused-ring (bicyclic) bond motifs is 1. The van der Waals surface area contributed by atoms with E-state index in [1.165, 1.54) is 30.5 Å². The van der Waals surface area contributed by atoms with Crippen molar-refractivity contribution in [3.63, 3.8) is 0 Å². The van der Waals surface area contributed by atoms with Crippen molar-refractivity contribution in [2.45, 2.75) is 25.0 Å². The van der Waals surface area contributed by atoms with E-state index in [1.54, 1.807) is 13.8 Å². The third-order valence-corrected chi connectivity index (χ3v) is 6.58. The summed E-state index contributed by atoms with van der Waals surface area (Å²) < 4.78 is 32.9. The molecule has 142 valence electrons. The van der Waals surface area contributed by atoms with Crippen LogP contribution in [0.4, 0.5) is 5.69 Å². The molecule has 8 nitrogen and oxygen atoms in total. The molecule has 0 saturated carbocycles. The molecule has 0 aliphatic carbocycles. The summed E-state index contributed by atoms with van der Waals surface area (Å²) in [6.45, 7) is 6.94. The maximum atomic E-state index is 13.4. The van der Waals surface area contributed by atoms with Crippen LogP contribution in [0.1, 0.15) is 27.8 Å². The van der Waals surface area contributed by atoms with E-state index in [1.807, 2.05) is 0 Å². The minimum Gasteiger partial charge on any atom is -0.361 e. The minimum absolute atomic E-state index is 0.00423. The van der Waals surface area contributed by atoms with Crippen molar-refractivity contribution in [3.05, 3.63) is 69.7 Å². The Bertz CT molecular complexity index is 1140. The Morgan fingerprint density at radius 1 is 1.44 bits per heavy atom. The van der Waals surface area contributed by atoms with Crippen molar-refractivity contribution in [2.75, 3.05) is 0 Å². The van der Waals surface area contributed by atoms with Crippen LogP contribution in [0.25, 0.3) is 10.9 Å². The zero-order valence-corrected chi connectivity index (χ0v) is 16.1. The van der Waals surface area contributed by atoms with Gasteiger partial charge in [-0.15, -0.1) is 18.2 Å². The number of aryl methyl sites for hydroxylation is 2. The topological polar surface area (TPSA) is 108 Å². The average molecular weight is 410 g/mol.